The van der Waals surface area contributed by atoms with E-state index in [2.05, 4.69) is 33.1 Å². The Labute approximate surface area is 116 Å². The summed E-state index contributed by atoms with van der Waals surface area (Å²) in [5.41, 5.74) is 3.23. The number of halogens is 1. The van der Waals surface area contributed by atoms with E-state index >= 15 is 0 Å². The molecule has 0 aliphatic rings. The number of amides is 1. The normalized spacial score (nSPS) is 10.5. The fraction of sp³-hybridized carbons (Fsp3) is 0.200. The monoisotopic (exact) mass is 362 g/mol. The Balaban J connectivity index is 2.21. The van der Waals surface area contributed by atoms with Crippen molar-refractivity contribution >= 4 is 39.8 Å². The molecule has 0 aliphatic heterocycles. The molecule has 1 amide bonds. The minimum atomic E-state index is -0.251. The standard InChI is InChI=1S/C10H11IN4OS/c1-6-7(2-9(17-6)10(16)14-12)4-15-5-8(11)3-13-15/h2-3,5H,4,12H2,1H3,(H,14,16). The molecule has 0 fully saturated rings. The van der Waals surface area contributed by atoms with Crippen molar-refractivity contribution in [3.8, 4) is 0 Å². The summed E-state index contributed by atoms with van der Waals surface area (Å²) in [5.74, 6) is 4.86. The lowest BCUT2D eigenvalue weighted by molar-refractivity contribution is 0.0957. The van der Waals surface area contributed by atoms with Crippen LogP contribution in [-0.4, -0.2) is 15.7 Å². The van der Waals surface area contributed by atoms with Gasteiger partial charge in [-0.2, -0.15) is 5.10 Å². The first-order valence-electron chi connectivity index (χ1n) is 4.88. The number of aromatic nitrogens is 2. The van der Waals surface area contributed by atoms with Crippen molar-refractivity contribution in [2.75, 3.05) is 0 Å². The summed E-state index contributed by atoms with van der Waals surface area (Å²) in [6.45, 7) is 2.66. The first-order chi connectivity index (χ1) is 8.10. The molecule has 0 aliphatic carbocycles. The van der Waals surface area contributed by atoms with E-state index in [-0.39, 0.29) is 5.91 Å². The van der Waals surface area contributed by atoms with Crippen molar-refractivity contribution < 1.29 is 4.79 Å². The second-order valence-electron chi connectivity index (χ2n) is 3.52. The molecule has 0 radical (unpaired) electrons. The van der Waals surface area contributed by atoms with Gasteiger partial charge in [-0.05, 0) is 41.1 Å². The molecule has 3 N–H and O–H groups in total. The van der Waals surface area contributed by atoms with E-state index in [0.29, 0.717) is 11.4 Å². The Kier molecular flexibility index (Phi) is 3.79. The van der Waals surface area contributed by atoms with Gasteiger partial charge in [-0.1, -0.05) is 0 Å². The number of nitrogens with zero attached hydrogens (tertiary/aromatic N) is 2. The van der Waals surface area contributed by atoms with Gasteiger partial charge in [0.25, 0.3) is 5.91 Å². The zero-order valence-electron chi connectivity index (χ0n) is 9.11. The van der Waals surface area contributed by atoms with Crippen LogP contribution in [0.15, 0.2) is 18.5 Å². The molecule has 90 valence electrons. The highest BCUT2D eigenvalue weighted by atomic mass is 127. The minimum Gasteiger partial charge on any atom is -0.289 e. The number of carbonyl (C=O) groups excluding carboxylic acids is 1. The van der Waals surface area contributed by atoms with Gasteiger partial charge in [0, 0.05) is 11.1 Å². The molecule has 0 saturated heterocycles. The topological polar surface area (TPSA) is 72.9 Å². The first kappa shape index (κ1) is 12.5. The van der Waals surface area contributed by atoms with Crippen LogP contribution in [0.25, 0.3) is 0 Å². The predicted molar refractivity (Wildman–Crippen MR) is 74.8 cm³/mol. The van der Waals surface area contributed by atoms with Gasteiger partial charge in [0.2, 0.25) is 0 Å². The summed E-state index contributed by atoms with van der Waals surface area (Å²) in [6, 6.07) is 1.86. The van der Waals surface area contributed by atoms with Gasteiger partial charge in [0.1, 0.15) is 0 Å². The lowest BCUT2D eigenvalue weighted by Crippen LogP contribution is -2.29. The fourth-order valence-electron chi connectivity index (χ4n) is 1.46. The van der Waals surface area contributed by atoms with Crippen LogP contribution >= 0.6 is 33.9 Å². The van der Waals surface area contributed by atoms with Gasteiger partial charge >= 0.3 is 0 Å². The number of hydrazine groups is 1. The molecule has 2 rings (SSSR count). The van der Waals surface area contributed by atoms with Crippen LogP contribution < -0.4 is 11.3 Å². The van der Waals surface area contributed by atoms with Crippen LogP contribution in [0.1, 0.15) is 20.1 Å². The maximum atomic E-state index is 11.4. The molecule has 0 atom stereocenters. The van der Waals surface area contributed by atoms with Crippen LogP contribution in [0.5, 0.6) is 0 Å². The van der Waals surface area contributed by atoms with Gasteiger partial charge in [-0.3, -0.25) is 14.9 Å². The number of nitrogens with one attached hydrogen (secondary N) is 1. The molecular weight excluding hydrogens is 351 g/mol. The largest absolute Gasteiger partial charge is 0.289 e. The quantitative estimate of drug-likeness (QED) is 0.376. The molecule has 0 unspecified atom stereocenters. The number of aryl methyl sites for hydroxylation is 1. The lowest BCUT2D eigenvalue weighted by atomic mass is 10.2. The third-order valence-corrected chi connectivity index (χ3v) is 3.96. The summed E-state index contributed by atoms with van der Waals surface area (Å²) in [4.78, 5) is 13.1. The smallest absolute Gasteiger partial charge is 0.275 e. The molecule has 0 spiro atoms. The SMILES string of the molecule is Cc1sc(C(=O)NN)cc1Cn1cc(I)cn1. The van der Waals surface area contributed by atoms with E-state index in [1.165, 1.54) is 11.3 Å². The highest BCUT2D eigenvalue weighted by Gasteiger charge is 2.11. The number of nitrogen functional groups attached to an aromatic ring is 1. The van der Waals surface area contributed by atoms with Gasteiger partial charge in [-0.25, -0.2) is 5.84 Å². The van der Waals surface area contributed by atoms with E-state index < -0.39 is 0 Å². The summed E-state index contributed by atoms with van der Waals surface area (Å²) in [5, 5.41) is 4.21. The Morgan fingerprint density at radius 2 is 2.47 bits per heavy atom. The number of nitrogens with two attached hydrogens (primary N) is 1. The molecule has 2 aromatic rings. The van der Waals surface area contributed by atoms with Crippen molar-refractivity contribution in [1.29, 1.82) is 0 Å². The van der Waals surface area contributed by atoms with E-state index in [9.17, 15) is 4.79 Å². The van der Waals surface area contributed by atoms with Gasteiger partial charge < -0.3 is 0 Å². The van der Waals surface area contributed by atoms with E-state index in [1.807, 2.05) is 23.9 Å². The van der Waals surface area contributed by atoms with Crippen LogP contribution in [0.3, 0.4) is 0 Å². The summed E-state index contributed by atoms with van der Waals surface area (Å²) < 4.78 is 2.94. The molecule has 17 heavy (non-hydrogen) atoms. The fourth-order valence-corrected chi connectivity index (χ4v) is 2.84. The van der Waals surface area contributed by atoms with Crippen molar-refractivity contribution in [3.05, 3.63) is 37.3 Å². The molecule has 7 heteroatoms. The number of thiophene rings is 1. The summed E-state index contributed by atoms with van der Waals surface area (Å²) >= 11 is 3.65. The second-order valence-corrected chi connectivity index (χ2v) is 6.02. The van der Waals surface area contributed by atoms with Gasteiger partial charge in [0.05, 0.1) is 21.2 Å². The Hall–Kier alpha value is -0.930. The number of hydrogen-bond acceptors (Lipinski definition) is 4. The Morgan fingerprint density at radius 1 is 1.71 bits per heavy atom. The maximum absolute atomic E-state index is 11.4. The first-order valence-corrected chi connectivity index (χ1v) is 6.78. The minimum absolute atomic E-state index is 0.251. The highest BCUT2D eigenvalue weighted by Crippen LogP contribution is 2.22. The average molecular weight is 362 g/mol. The summed E-state index contributed by atoms with van der Waals surface area (Å²) in [7, 11) is 0. The highest BCUT2D eigenvalue weighted by molar-refractivity contribution is 14.1. The van der Waals surface area contributed by atoms with Crippen LogP contribution in [0, 0.1) is 10.5 Å². The van der Waals surface area contributed by atoms with Crippen molar-refractivity contribution in [2.24, 2.45) is 5.84 Å². The molecule has 2 heterocycles. The number of carbonyl (C=O) groups is 1. The molecular formula is C10H11IN4OS. The Morgan fingerprint density at radius 3 is 3.06 bits per heavy atom. The lowest BCUT2D eigenvalue weighted by Gasteiger charge is -1.99. The van der Waals surface area contributed by atoms with E-state index in [4.69, 9.17) is 5.84 Å². The van der Waals surface area contributed by atoms with Crippen LogP contribution in [0.4, 0.5) is 0 Å². The third kappa shape index (κ3) is 2.85. The molecule has 0 aromatic carbocycles. The zero-order valence-corrected chi connectivity index (χ0v) is 12.1. The predicted octanol–water partition coefficient (Wildman–Crippen LogP) is 1.51. The van der Waals surface area contributed by atoms with Crippen molar-refractivity contribution in [3.63, 3.8) is 0 Å². The van der Waals surface area contributed by atoms with E-state index in [1.54, 1.807) is 6.20 Å². The molecule has 0 saturated carbocycles. The third-order valence-electron chi connectivity index (χ3n) is 2.31. The van der Waals surface area contributed by atoms with Gasteiger partial charge in [0.15, 0.2) is 0 Å². The van der Waals surface area contributed by atoms with Crippen LogP contribution in [-0.2, 0) is 6.54 Å². The zero-order chi connectivity index (χ0) is 12.4. The maximum Gasteiger partial charge on any atom is 0.275 e. The van der Waals surface area contributed by atoms with Gasteiger partial charge in [-0.15, -0.1) is 11.3 Å². The molecule has 2 aromatic heterocycles. The number of hydrogen-bond donors (Lipinski definition) is 2. The van der Waals surface area contributed by atoms with Crippen molar-refractivity contribution in [2.45, 2.75) is 13.5 Å². The molecule has 0 bridgehead atoms. The van der Waals surface area contributed by atoms with Crippen LogP contribution in [0.2, 0.25) is 0 Å². The summed E-state index contributed by atoms with van der Waals surface area (Å²) in [6.07, 6.45) is 3.76. The number of rotatable bonds is 3. The Bertz CT molecular complexity index is 548. The second kappa shape index (κ2) is 5.15. The average Bonchev–Trinajstić information content (AvgIpc) is 2.86. The molecule has 5 nitrogen and oxygen atoms in total. The van der Waals surface area contributed by atoms with E-state index in [0.717, 1.165) is 14.0 Å². The van der Waals surface area contributed by atoms with Crippen molar-refractivity contribution in [1.82, 2.24) is 15.2 Å².